The van der Waals surface area contributed by atoms with Crippen molar-refractivity contribution in [1.82, 2.24) is 15.5 Å². The molecule has 1 aliphatic heterocycles. The molecule has 2 N–H and O–H groups in total. The van der Waals surface area contributed by atoms with E-state index in [0.29, 0.717) is 25.6 Å². The summed E-state index contributed by atoms with van der Waals surface area (Å²) < 4.78 is 16.9. The van der Waals surface area contributed by atoms with Gasteiger partial charge in [-0.15, -0.1) is 0 Å². The number of hydrogen-bond donors (Lipinski definition) is 2. The summed E-state index contributed by atoms with van der Waals surface area (Å²) in [6.07, 6.45) is 0.149. The van der Waals surface area contributed by atoms with Gasteiger partial charge in [0, 0.05) is 32.2 Å². The van der Waals surface area contributed by atoms with Crippen LogP contribution in [0, 0.1) is 5.92 Å². The van der Waals surface area contributed by atoms with E-state index in [0.717, 1.165) is 50.2 Å². The number of hydrogen-bond acceptors (Lipinski definition) is 5. The SMILES string of the molecule is CCNC(=NCC1CN(CC(C)C)CCO1)NCCOc1cccc(OC)c1. The Balaban J connectivity index is 1.75. The third kappa shape index (κ3) is 8.35. The third-order valence-corrected chi connectivity index (χ3v) is 4.35. The summed E-state index contributed by atoms with van der Waals surface area (Å²) in [5.41, 5.74) is 0. The first-order chi connectivity index (χ1) is 13.6. The van der Waals surface area contributed by atoms with E-state index in [2.05, 4.69) is 41.3 Å². The fourth-order valence-electron chi connectivity index (χ4n) is 3.14. The minimum absolute atomic E-state index is 0.149. The standard InChI is InChI=1S/C21H36N4O3/c1-5-22-21(23-9-11-27-19-8-6-7-18(13-19)26-4)24-14-20-16-25(10-12-28-20)15-17(2)3/h6-8,13,17,20H,5,9-12,14-16H2,1-4H3,(H2,22,23,24). The predicted molar refractivity (Wildman–Crippen MR) is 113 cm³/mol. The molecule has 0 amide bonds. The largest absolute Gasteiger partial charge is 0.497 e. The monoisotopic (exact) mass is 392 g/mol. The van der Waals surface area contributed by atoms with E-state index >= 15 is 0 Å². The number of guanidine groups is 1. The number of aliphatic imine (C=N–C) groups is 1. The Morgan fingerprint density at radius 3 is 2.89 bits per heavy atom. The molecule has 0 radical (unpaired) electrons. The normalized spacial score (nSPS) is 18.2. The van der Waals surface area contributed by atoms with Crippen molar-refractivity contribution in [3.8, 4) is 11.5 Å². The van der Waals surface area contributed by atoms with E-state index in [9.17, 15) is 0 Å². The molecular weight excluding hydrogens is 356 g/mol. The summed E-state index contributed by atoms with van der Waals surface area (Å²) in [5.74, 6) is 3.05. The maximum absolute atomic E-state index is 5.88. The highest BCUT2D eigenvalue weighted by Crippen LogP contribution is 2.18. The van der Waals surface area contributed by atoms with Crippen LogP contribution in [0.15, 0.2) is 29.3 Å². The van der Waals surface area contributed by atoms with Gasteiger partial charge in [-0.25, -0.2) is 0 Å². The number of nitrogens with zero attached hydrogens (tertiary/aromatic N) is 2. The molecule has 1 aliphatic rings. The van der Waals surface area contributed by atoms with Crippen molar-refractivity contribution < 1.29 is 14.2 Å². The molecule has 1 saturated heterocycles. The number of rotatable bonds is 10. The molecule has 158 valence electrons. The first-order valence-corrected chi connectivity index (χ1v) is 10.2. The highest BCUT2D eigenvalue weighted by molar-refractivity contribution is 5.79. The zero-order chi connectivity index (χ0) is 20.2. The Morgan fingerprint density at radius 1 is 1.32 bits per heavy atom. The molecule has 2 rings (SSSR count). The van der Waals surface area contributed by atoms with Crippen LogP contribution in [-0.4, -0.2) is 76.6 Å². The molecule has 0 aliphatic carbocycles. The smallest absolute Gasteiger partial charge is 0.191 e. The molecule has 1 aromatic rings. The number of methoxy groups -OCH3 is 1. The molecule has 7 heteroatoms. The topological polar surface area (TPSA) is 67.4 Å². The van der Waals surface area contributed by atoms with Crippen LogP contribution in [0.2, 0.25) is 0 Å². The minimum atomic E-state index is 0.149. The second-order valence-electron chi connectivity index (χ2n) is 7.32. The molecule has 1 aromatic carbocycles. The molecule has 0 bridgehead atoms. The molecule has 1 atom stereocenters. The van der Waals surface area contributed by atoms with E-state index in [-0.39, 0.29) is 6.10 Å². The van der Waals surface area contributed by atoms with Crippen LogP contribution in [0.5, 0.6) is 11.5 Å². The minimum Gasteiger partial charge on any atom is -0.497 e. The van der Waals surface area contributed by atoms with E-state index < -0.39 is 0 Å². The van der Waals surface area contributed by atoms with Crippen molar-refractivity contribution >= 4 is 5.96 Å². The van der Waals surface area contributed by atoms with Crippen LogP contribution in [0.3, 0.4) is 0 Å². The van der Waals surface area contributed by atoms with Gasteiger partial charge >= 0.3 is 0 Å². The van der Waals surface area contributed by atoms with Crippen molar-refractivity contribution in [2.45, 2.75) is 26.9 Å². The van der Waals surface area contributed by atoms with Gasteiger partial charge in [0.05, 0.1) is 32.9 Å². The van der Waals surface area contributed by atoms with Gasteiger partial charge in [-0.05, 0) is 25.0 Å². The number of ether oxygens (including phenoxy) is 3. The quantitative estimate of drug-likeness (QED) is 0.361. The Bertz CT molecular complexity index is 595. The third-order valence-electron chi connectivity index (χ3n) is 4.35. The molecule has 1 heterocycles. The number of morpholine rings is 1. The van der Waals surface area contributed by atoms with Gasteiger partial charge in [-0.3, -0.25) is 9.89 Å². The van der Waals surface area contributed by atoms with Gasteiger partial charge in [0.2, 0.25) is 0 Å². The van der Waals surface area contributed by atoms with E-state index in [1.54, 1.807) is 7.11 Å². The van der Waals surface area contributed by atoms with E-state index in [4.69, 9.17) is 14.2 Å². The molecule has 0 saturated carbocycles. The Kier molecular flexibility index (Phi) is 9.93. The van der Waals surface area contributed by atoms with Crippen LogP contribution in [0.4, 0.5) is 0 Å². The van der Waals surface area contributed by atoms with E-state index in [1.807, 2.05) is 24.3 Å². The van der Waals surface area contributed by atoms with E-state index in [1.165, 1.54) is 0 Å². The number of benzene rings is 1. The first-order valence-electron chi connectivity index (χ1n) is 10.2. The van der Waals surface area contributed by atoms with Gasteiger partial charge in [0.1, 0.15) is 18.1 Å². The number of nitrogens with one attached hydrogen (secondary N) is 2. The summed E-state index contributed by atoms with van der Waals surface area (Å²) in [4.78, 5) is 7.16. The molecule has 7 nitrogen and oxygen atoms in total. The molecule has 0 spiro atoms. The van der Waals surface area contributed by atoms with Gasteiger partial charge in [0.15, 0.2) is 5.96 Å². The molecule has 1 fully saturated rings. The summed E-state index contributed by atoms with van der Waals surface area (Å²) in [6.45, 7) is 13.1. The van der Waals surface area contributed by atoms with Gasteiger partial charge in [-0.1, -0.05) is 19.9 Å². The molecule has 28 heavy (non-hydrogen) atoms. The Morgan fingerprint density at radius 2 is 2.14 bits per heavy atom. The highest BCUT2D eigenvalue weighted by Gasteiger charge is 2.20. The summed E-state index contributed by atoms with van der Waals surface area (Å²) in [5, 5.41) is 6.59. The van der Waals surface area contributed by atoms with Crippen LogP contribution in [-0.2, 0) is 4.74 Å². The Labute approximate surface area is 169 Å². The van der Waals surface area contributed by atoms with Crippen molar-refractivity contribution in [2.75, 3.05) is 59.6 Å². The zero-order valence-corrected chi connectivity index (χ0v) is 17.7. The summed E-state index contributed by atoms with van der Waals surface area (Å²) in [7, 11) is 1.65. The predicted octanol–water partition coefficient (Wildman–Crippen LogP) is 1.99. The van der Waals surface area contributed by atoms with Gasteiger partial charge in [0.25, 0.3) is 0 Å². The van der Waals surface area contributed by atoms with Gasteiger partial charge < -0.3 is 24.8 Å². The molecule has 0 aromatic heterocycles. The summed E-state index contributed by atoms with van der Waals surface area (Å²) >= 11 is 0. The highest BCUT2D eigenvalue weighted by atomic mass is 16.5. The maximum atomic E-state index is 5.88. The maximum Gasteiger partial charge on any atom is 0.191 e. The van der Waals surface area contributed by atoms with Crippen LogP contribution < -0.4 is 20.1 Å². The molecular formula is C21H36N4O3. The van der Waals surface area contributed by atoms with Crippen molar-refractivity contribution in [2.24, 2.45) is 10.9 Å². The van der Waals surface area contributed by atoms with Crippen molar-refractivity contribution in [1.29, 1.82) is 0 Å². The van der Waals surface area contributed by atoms with Crippen molar-refractivity contribution in [3.05, 3.63) is 24.3 Å². The average Bonchev–Trinajstić information content (AvgIpc) is 2.69. The molecule has 1 unspecified atom stereocenters. The van der Waals surface area contributed by atoms with Gasteiger partial charge in [-0.2, -0.15) is 0 Å². The van der Waals surface area contributed by atoms with Crippen molar-refractivity contribution in [3.63, 3.8) is 0 Å². The van der Waals surface area contributed by atoms with Crippen LogP contribution in [0.1, 0.15) is 20.8 Å². The fourth-order valence-corrected chi connectivity index (χ4v) is 3.14. The second-order valence-corrected chi connectivity index (χ2v) is 7.32. The Hall–Kier alpha value is -1.99. The zero-order valence-electron chi connectivity index (χ0n) is 17.7. The lowest BCUT2D eigenvalue weighted by atomic mass is 10.2. The lowest BCUT2D eigenvalue weighted by Gasteiger charge is -2.33. The van der Waals surface area contributed by atoms with Crippen LogP contribution in [0.25, 0.3) is 0 Å². The average molecular weight is 393 g/mol. The summed E-state index contributed by atoms with van der Waals surface area (Å²) in [6, 6.07) is 7.62. The fraction of sp³-hybridized carbons (Fsp3) is 0.667. The lowest BCUT2D eigenvalue weighted by molar-refractivity contribution is -0.0261. The van der Waals surface area contributed by atoms with Crippen LogP contribution >= 0.6 is 0 Å². The first kappa shape index (κ1) is 22.3. The lowest BCUT2D eigenvalue weighted by Crippen LogP contribution is -2.46. The second kappa shape index (κ2) is 12.5.